The predicted octanol–water partition coefficient (Wildman–Crippen LogP) is 5.18. The van der Waals surface area contributed by atoms with E-state index in [1.165, 1.54) is 36.3 Å². The maximum absolute atomic E-state index is 3.70. The molecule has 1 rings (SSSR count). The molecule has 17 heavy (non-hydrogen) atoms. The van der Waals surface area contributed by atoms with E-state index in [1.807, 2.05) is 11.8 Å². The summed E-state index contributed by atoms with van der Waals surface area (Å²) >= 11 is 1.92. The summed E-state index contributed by atoms with van der Waals surface area (Å²) in [6.45, 7) is 6.73. The summed E-state index contributed by atoms with van der Waals surface area (Å²) in [5, 5.41) is 3.70. The van der Waals surface area contributed by atoms with Crippen molar-refractivity contribution in [2.24, 2.45) is 0 Å². The maximum Gasteiger partial charge on any atom is 0.0480 e. The minimum atomic E-state index is 0.619. The summed E-state index contributed by atoms with van der Waals surface area (Å²) in [7, 11) is 0. The van der Waals surface area contributed by atoms with Gasteiger partial charge in [0.2, 0.25) is 0 Å². The number of para-hydroxylation sites is 1. The molecule has 1 unspecified atom stereocenters. The number of hydrogen-bond acceptors (Lipinski definition) is 2. The highest BCUT2D eigenvalue weighted by Gasteiger charge is 2.08. The van der Waals surface area contributed by atoms with Gasteiger partial charge in [-0.05, 0) is 30.7 Å². The van der Waals surface area contributed by atoms with Crippen molar-refractivity contribution >= 4 is 17.4 Å². The number of anilines is 1. The lowest BCUT2D eigenvalue weighted by Gasteiger charge is -2.20. The van der Waals surface area contributed by atoms with Gasteiger partial charge in [0.1, 0.15) is 0 Å². The first kappa shape index (κ1) is 14.4. The molecule has 0 spiro atoms. The van der Waals surface area contributed by atoms with E-state index in [9.17, 15) is 0 Å². The smallest absolute Gasteiger partial charge is 0.0480 e. The molecular formula is C15H25NS. The van der Waals surface area contributed by atoms with Gasteiger partial charge in [0.05, 0.1) is 0 Å². The summed E-state index contributed by atoms with van der Waals surface area (Å²) < 4.78 is 0. The van der Waals surface area contributed by atoms with Crippen LogP contribution in [-0.4, -0.2) is 11.8 Å². The summed E-state index contributed by atoms with van der Waals surface area (Å²) in [6.07, 6.45) is 5.07. The van der Waals surface area contributed by atoms with E-state index in [-0.39, 0.29) is 0 Å². The molecule has 0 aliphatic rings. The molecule has 0 bridgehead atoms. The molecule has 0 saturated carbocycles. The minimum Gasteiger partial charge on any atom is -0.381 e. The molecule has 0 heterocycles. The van der Waals surface area contributed by atoms with Gasteiger partial charge < -0.3 is 5.32 Å². The maximum atomic E-state index is 3.70. The fraction of sp³-hybridized carbons (Fsp3) is 0.600. The zero-order chi connectivity index (χ0) is 12.5. The number of unbranched alkanes of at least 4 members (excludes halogenated alkanes) is 1. The van der Waals surface area contributed by atoms with Crippen molar-refractivity contribution in [1.82, 2.24) is 0 Å². The highest BCUT2D eigenvalue weighted by atomic mass is 32.2. The Kier molecular flexibility index (Phi) is 7.18. The van der Waals surface area contributed by atoms with Gasteiger partial charge in [-0.2, -0.15) is 0 Å². The molecule has 2 heteroatoms. The lowest BCUT2D eigenvalue weighted by atomic mass is 10.1. The van der Waals surface area contributed by atoms with Gasteiger partial charge in [-0.3, -0.25) is 0 Å². The van der Waals surface area contributed by atoms with Crippen molar-refractivity contribution in [1.29, 1.82) is 0 Å². The Labute approximate surface area is 110 Å². The Morgan fingerprint density at radius 3 is 2.59 bits per heavy atom. The van der Waals surface area contributed by atoms with Crippen molar-refractivity contribution in [3.05, 3.63) is 24.3 Å². The van der Waals surface area contributed by atoms with Crippen LogP contribution in [0.25, 0.3) is 0 Å². The standard InChI is InChI=1S/C15H25NS/c1-4-7-10-13(5-2)16-14-11-8-9-12-15(14)17-6-3/h8-9,11-13,16H,4-7,10H2,1-3H3. The summed E-state index contributed by atoms with van der Waals surface area (Å²) in [6, 6.07) is 9.27. The van der Waals surface area contributed by atoms with Crippen LogP contribution in [0, 0.1) is 0 Å². The Hall–Kier alpha value is -0.630. The van der Waals surface area contributed by atoms with E-state index < -0.39 is 0 Å². The average molecular weight is 251 g/mol. The molecule has 96 valence electrons. The fourth-order valence-corrected chi connectivity index (χ4v) is 2.68. The number of nitrogens with one attached hydrogen (secondary N) is 1. The normalized spacial score (nSPS) is 12.4. The van der Waals surface area contributed by atoms with Crippen LogP contribution in [0.1, 0.15) is 46.5 Å². The van der Waals surface area contributed by atoms with Crippen molar-refractivity contribution in [3.63, 3.8) is 0 Å². The van der Waals surface area contributed by atoms with Crippen LogP contribution in [0.5, 0.6) is 0 Å². The van der Waals surface area contributed by atoms with Crippen LogP contribution in [0.4, 0.5) is 5.69 Å². The van der Waals surface area contributed by atoms with Crippen LogP contribution in [0.2, 0.25) is 0 Å². The van der Waals surface area contributed by atoms with Crippen LogP contribution >= 0.6 is 11.8 Å². The van der Waals surface area contributed by atoms with Gasteiger partial charge in [0.15, 0.2) is 0 Å². The zero-order valence-electron chi connectivity index (χ0n) is 11.3. The monoisotopic (exact) mass is 251 g/mol. The summed E-state index contributed by atoms with van der Waals surface area (Å²) in [5.74, 6) is 1.13. The molecule has 0 aliphatic heterocycles. The number of hydrogen-bond donors (Lipinski definition) is 1. The number of rotatable bonds is 8. The first-order valence-corrected chi connectivity index (χ1v) is 7.78. The van der Waals surface area contributed by atoms with Crippen LogP contribution in [-0.2, 0) is 0 Å². The van der Waals surface area contributed by atoms with Crippen molar-refractivity contribution in [2.75, 3.05) is 11.1 Å². The van der Waals surface area contributed by atoms with Crippen molar-refractivity contribution in [3.8, 4) is 0 Å². The van der Waals surface area contributed by atoms with E-state index in [1.54, 1.807) is 0 Å². The van der Waals surface area contributed by atoms with E-state index in [0.717, 1.165) is 5.75 Å². The molecule has 0 fully saturated rings. The Morgan fingerprint density at radius 1 is 1.18 bits per heavy atom. The summed E-state index contributed by atoms with van der Waals surface area (Å²) in [5.41, 5.74) is 1.31. The van der Waals surface area contributed by atoms with Gasteiger partial charge in [0.25, 0.3) is 0 Å². The SMILES string of the molecule is CCCCC(CC)Nc1ccccc1SCC. The third-order valence-corrected chi connectivity index (χ3v) is 3.90. The third kappa shape index (κ3) is 5.03. The highest BCUT2D eigenvalue weighted by Crippen LogP contribution is 2.28. The number of thioether (sulfide) groups is 1. The van der Waals surface area contributed by atoms with Crippen LogP contribution in [0.15, 0.2) is 29.2 Å². The minimum absolute atomic E-state index is 0.619. The second kappa shape index (κ2) is 8.46. The highest BCUT2D eigenvalue weighted by molar-refractivity contribution is 7.99. The quantitative estimate of drug-likeness (QED) is 0.639. The second-order valence-electron chi connectivity index (χ2n) is 4.32. The first-order chi connectivity index (χ1) is 8.31. The molecule has 1 aromatic carbocycles. The molecule has 1 aromatic rings. The second-order valence-corrected chi connectivity index (χ2v) is 5.63. The fourth-order valence-electron chi connectivity index (χ4n) is 1.92. The van der Waals surface area contributed by atoms with Crippen LogP contribution < -0.4 is 5.32 Å². The van der Waals surface area contributed by atoms with Gasteiger partial charge in [-0.15, -0.1) is 11.8 Å². The first-order valence-electron chi connectivity index (χ1n) is 6.80. The molecule has 0 aromatic heterocycles. The van der Waals surface area contributed by atoms with Gasteiger partial charge >= 0.3 is 0 Å². The molecule has 1 atom stereocenters. The third-order valence-electron chi connectivity index (χ3n) is 2.95. The molecule has 1 N–H and O–H groups in total. The van der Waals surface area contributed by atoms with Gasteiger partial charge in [0, 0.05) is 16.6 Å². The Bertz CT molecular complexity index is 312. The van der Waals surface area contributed by atoms with Crippen molar-refractivity contribution < 1.29 is 0 Å². The number of benzene rings is 1. The molecule has 1 nitrogen and oxygen atoms in total. The lowest BCUT2D eigenvalue weighted by molar-refractivity contribution is 0.592. The Morgan fingerprint density at radius 2 is 1.94 bits per heavy atom. The van der Waals surface area contributed by atoms with Crippen LogP contribution in [0.3, 0.4) is 0 Å². The zero-order valence-corrected chi connectivity index (χ0v) is 12.1. The van der Waals surface area contributed by atoms with Crippen molar-refractivity contribution in [2.45, 2.75) is 57.4 Å². The topological polar surface area (TPSA) is 12.0 Å². The van der Waals surface area contributed by atoms with E-state index in [2.05, 4.69) is 50.4 Å². The predicted molar refractivity (Wildman–Crippen MR) is 80.1 cm³/mol. The summed E-state index contributed by atoms with van der Waals surface area (Å²) in [4.78, 5) is 1.38. The lowest BCUT2D eigenvalue weighted by Crippen LogP contribution is -2.18. The van der Waals surface area contributed by atoms with Gasteiger partial charge in [-0.1, -0.05) is 45.7 Å². The average Bonchev–Trinajstić information content (AvgIpc) is 2.36. The van der Waals surface area contributed by atoms with E-state index >= 15 is 0 Å². The molecule has 0 aliphatic carbocycles. The Balaban J connectivity index is 2.64. The van der Waals surface area contributed by atoms with E-state index in [4.69, 9.17) is 0 Å². The molecule has 0 saturated heterocycles. The van der Waals surface area contributed by atoms with E-state index in [0.29, 0.717) is 6.04 Å². The molecular weight excluding hydrogens is 226 g/mol. The molecule has 0 radical (unpaired) electrons. The largest absolute Gasteiger partial charge is 0.381 e. The van der Waals surface area contributed by atoms with Gasteiger partial charge in [-0.25, -0.2) is 0 Å². The molecule has 0 amide bonds.